The van der Waals surface area contributed by atoms with Gasteiger partial charge in [-0.1, -0.05) is 23.7 Å². The molecule has 1 aromatic heterocycles. The number of aromatic amines is 1. The summed E-state index contributed by atoms with van der Waals surface area (Å²) in [7, 11) is -3.53. The van der Waals surface area contributed by atoms with Gasteiger partial charge in [0, 0.05) is 11.6 Å². The molecule has 1 heterocycles. The number of hydrogen-bond donors (Lipinski definition) is 2. The van der Waals surface area contributed by atoms with Gasteiger partial charge in [-0.25, -0.2) is 13.1 Å². The SMILES string of the molecule is Cc1[nH]ncc1S(=O)(=O)NCc1ccc(Cl)cc1. The number of halogens is 1. The van der Waals surface area contributed by atoms with Crippen molar-refractivity contribution in [2.75, 3.05) is 0 Å². The van der Waals surface area contributed by atoms with Gasteiger partial charge in [-0.15, -0.1) is 0 Å². The van der Waals surface area contributed by atoms with Crippen LogP contribution in [0, 0.1) is 6.92 Å². The van der Waals surface area contributed by atoms with Gasteiger partial charge < -0.3 is 0 Å². The van der Waals surface area contributed by atoms with Crippen LogP contribution in [0.15, 0.2) is 35.4 Å². The predicted octanol–water partition coefficient (Wildman–Crippen LogP) is 1.85. The standard InChI is InChI=1S/C11H12ClN3O2S/c1-8-11(7-13-15-8)18(16,17)14-6-9-2-4-10(12)5-3-9/h2-5,7,14H,6H2,1H3,(H,13,15). The van der Waals surface area contributed by atoms with Crippen LogP contribution in [-0.2, 0) is 16.6 Å². The van der Waals surface area contributed by atoms with Crippen molar-refractivity contribution in [2.45, 2.75) is 18.4 Å². The van der Waals surface area contributed by atoms with E-state index in [1.807, 2.05) is 0 Å². The molecule has 96 valence electrons. The molecule has 18 heavy (non-hydrogen) atoms. The average Bonchev–Trinajstić information content (AvgIpc) is 2.76. The van der Waals surface area contributed by atoms with Crippen molar-refractivity contribution >= 4 is 21.6 Å². The van der Waals surface area contributed by atoms with E-state index in [9.17, 15) is 8.42 Å². The number of nitrogens with zero attached hydrogens (tertiary/aromatic N) is 1. The highest BCUT2D eigenvalue weighted by Gasteiger charge is 2.17. The maximum absolute atomic E-state index is 12.0. The second-order valence-corrected chi connectivity index (χ2v) is 5.98. The zero-order chi connectivity index (χ0) is 13.2. The lowest BCUT2D eigenvalue weighted by atomic mass is 10.2. The lowest BCUT2D eigenvalue weighted by Crippen LogP contribution is -2.23. The van der Waals surface area contributed by atoms with Crippen molar-refractivity contribution in [3.8, 4) is 0 Å². The van der Waals surface area contributed by atoms with Gasteiger partial charge in [-0.05, 0) is 24.6 Å². The highest BCUT2D eigenvalue weighted by atomic mass is 35.5. The smallest absolute Gasteiger partial charge is 0.244 e. The van der Waals surface area contributed by atoms with Crippen LogP contribution in [0.25, 0.3) is 0 Å². The van der Waals surface area contributed by atoms with E-state index in [1.54, 1.807) is 31.2 Å². The first kappa shape index (κ1) is 13.1. The third-order valence-corrected chi connectivity index (χ3v) is 4.22. The van der Waals surface area contributed by atoms with E-state index in [4.69, 9.17) is 11.6 Å². The molecule has 0 spiro atoms. The third-order valence-electron chi connectivity index (χ3n) is 2.45. The molecule has 2 aromatic rings. The maximum atomic E-state index is 12.0. The fraction of sp³-hybridized carbons (Fsp3) is 0.182. The van der Waals surface area contributed by atoms with Crippen LogP contribution in [-0.4, -0.2) is 18.6 Å². The summed E-state index contributed by atoms with van der Waals surface area (Å²) in [5.41, 5.74) is 1.35. The van der Waals surface area contributed by atoms with Gasteiger partial charge in [0.2, 0.25) is 10.0 Å². The maximum Gasteiger partial charge on any atom is 0.244 e. The zero-order valence-electron chi connectivity index (χ0n) is 9.64. The normalized spacial score (nSPS) is 11.7. The predicted molar refractivity (Wildman–Crippen MR) is 68.8 cm³/mol. The summed E-state index contributed by atoms with van der Waals surface area (Å²) < 4.78 is 26.4. The van der Waals surface area contributed by atoms with Crippen molar-refractivity contribution < 1.29 is 8.42 Å². The Morgan fingerprint density at radius 1 is 1.33 bits per heavy atom. The first-order chi connectivity index (χ1) is 8.49. The summed E-state index contributed by atoms with van der Waals surface area (Å²) >= 11 is 5.75. The van der Waals surface area contributed by atoms with Crippen LogP contribution in [0.3, 0.4) is 0 Å². The highest BCUT2D eigenvalue weighted by Crippen LogP contribution is 2.13. The Bertz CT molecular complexity index is 635. The van der Waals surface area contributed by atoms with Gasteiger partial charge >= 0.3 is 0 Å². The van der Waals surface area contributed by atoms with Gasteiger partial charge in [-0.3, -0.25) is 5.10 Å². The fourth-order valence-electron chi connectivity index (χ4n) is 1.47. The van der Waals surface area contributed by atoms with Crippen LogP contribution in [0.5, 0.6) is 0 Å². The van der Waals surface area contributed by atoms with E-state index in [0.29, 0.717) is 10.7 Å². The lowest BCUT2D eigenvalue weighted by molar-refractivity contribution is 0.581. The lowest BCUT2D eigenvalue weighted by Gasteiger charge is -2.05. The van der Waals surface area contributed by atoms with Crippen molar-refractivity contribution in [3.63, 3.8) is 0 Å². The number of sulfonamides is 1. The molecule has 2 rings (SSSR count). The molecule has 0 bridgehead atoms. The van der Waals surface area contributed by atoms with Crippen LogP contribution >= 0.6 is 11.6 Å². The Labute approximate surface area is 110 Å². The summed E-state index contributed by atoms with van der Waals surface area (Å²) in [4.78, 5) is 0.163. The Morgan fingerprint density at radius 2 is 2.00 bits per heavy atom. The van der Waals surface area contributed by atoms with Gasteiger partial charge in [0.05, 0.1) is 11.9 Å². The summed E-state index contributed by atoms with van der Waals surface area (Å²) in [6.07, 6.45) is 1.29. The van der Waals surface area contributed by atoms with E-state index in [2.05, 4.69) is 14.9 Å². The van der Waals surface area contributed by atoms with Gasteiger partial charge in [-0.2, -0.15) is 5.10 Å². The Kier molecular flexibility index (Phi) is 3.70. The van der Waals surface area contributed by atoms with Crippen molar-refractivity contribution in [3.05, 3.63) is 46.7 Å². The number of aromatic nitrogens is 2. The highest BCUT2D eigenvalue weighted by molar-refractivity contribution is 7.89. The van der Waals surface area contributed by atoms with Gasteiger partial charge in [0.15, 0.2) is 0 Å². The molecule has 0 atom stereocenters. The van der Waals surface area contributed by atoms with E-state index in [0.717, 1.165) is 5.56 Å². The average molecular weight is 286 g/mol. The minimum Gasteiger partial charge on any atom is -0.281 e. The molecule has 0 aliphatic rings. The number of rotatable bonds is 4. The van der Waals surface area contributed by atoms with Gasteiger partial charge in [0.25, 0.3) is 0 Å². The molecular weight excluding hydrogens is 274 g/mol. The third kappa shape index (κ3) is 2.90. The van der Waals surface area contributed by atoms with Crippen molar-refractivity contribution in [1.82, 2.24) is 14.9 Å². The van der Waals surface area contributed by atoms with E-state index in [1.165, 1.54) is 6.20 Å². The van der Waals surface area contributed by atoms with Crippen LogP contribution in [0.2, 0.25) is 5.02 Å². The number of H-pyrrole nitrogens is 1. The zero-order valence-corrected chi connectivity index (χ0v) is 11.2. The Hall–Kier alpha value is -1.37. The molecule has 5 nitrogen and oxygen atoms in total. The summed E-state index contributed by atoms with van der Waals surface area (Å²) in [5, 5.41) is 6.90. The molecule has 0 saturated heterocycles. The second kappa shape index (κ2) is 5.09. The minimum atomic E-state index is -3.53. The summed E-state index contributed by atoms with van der Waals surface area (Å²) in [5.74, 6) is 0. The number of hydrogen-bond acceptors (Lipinski definition) is 3. The summed E-state index contributed by atoms with van der Waals surface area (Å²) in [6, 6.07) is 6.97. The van der Waals surface area contributed by atoms with Gasteiger partial charge in [0.1, 0.15) is 4.90 Å². The number of nitrogens with one attached hydrogen (secondary N) is 2. The first-order valence-corrected chi connectivity index (χ1v) is 7.09. The monoisotopic (exact) mass is 285 g/mol. The molecule has 0 unspecified atom stereocenters. The van der Waals surface area contributed by atoms with Crippen LogP contribution in [0.4, 0.5) is 0 Å². The topological polar surface area (TPSA) is 74.8 Å². The second-order valence-electron chi connectivity index (χ2n) is 3.81. The Morgan fingerprint density at radius 3 is 2.56 bits per heavy atom. The van der Waals surface area contributed by atoms with Crippen LogP contribution < -0.4 is 4.72 Å². The van der Waals surface area contributed by atoms with Crippen molar-refractivity contribution in [1.29, 1.82) is 0 Å². The van der Waals surface area contributed by atoms with Crippen LogP contribution in [0.1, 0.15) is 11.3 Å². The van der Waals surface area contributed by atoms with Crippen molar-refractivity contribution in [2.24, 2.45) is 0 Å². The molecule has 0 amide bonds. The first-order valence-electron chi connectivity index (χ1n) is 5.23. The molecule has 0 radical (unpaired) electrons. The fourth-order valence-corrected chi connectivity index (χ4v) is 2.75. The number of benzene rings is 1. The molecule has 0 saturated carbocycles. The molecule has 1 aromatic carbocycles. The number of aryl methyl sites for hydroxylation is 1. The largest absolute Gasteiger partial charge is 0.281 e. The quantitative estimate of drug-likeness (QED) is 0.900. The molecule has 7 heteroatoms. The molecule has 2 N–H and O–H groups in total. The molecule has 0 aliphatic carbocycles. The van der Waals surface area contributed by atoms with E-state index < -0.39 is 10.0 Å². The van der Waals surface area contributed by atoms with E-state index >= 15 is 0 Å². The molecule has 0 aliphatic heterocycles. The van der Waals surface area contributed by atoms with E-state index in [-0.39, 0.29) is 11.4 Å². The summed E-state index contributed by atoms with van der Waals surface area (Å²) in [6.45, 7) is 1.87. The minimum absolute atomic E-state index is 0.163. The molecular formula is C11H12ClN3O2S. The molecule has 0 fully saturated rings. The Balaban J connectivity index is 2.11.